The van der Waals surface area contributed by atoms with Gasteiger partial charge in [-0.05, 0) is 44.2 Å². The highest BCUT2D eigenvalue weighted by atomic mass is 16.5. The zero-order valence-electron chi connectivity index (χ0n) is 15.1. The van der Waals surface area contributed by atoms with Crippen molar-refractivity contribution >= 4 is 0 Å². The quantitative estimate of drug-likeness (QED) is 0.699. The molecule has 1 aromatic rings. The lowest BCUT2D eigenvalue weighted by atomic mass is 9.80. The van der Waals surface area contributed by atoms with Crippen molar-refractivity contribution in [2.24, 2.45) is 5.92 Å². The van der Waals surface area contributed by atoms with Crippen molar-refractivity contribution in [1.29, 1.82) is 0 Å². The van der Waals surface area contributed by atoms with E-state index in [2.05, 4.69) is 18.5 Å². The fourth-order valence-electron chi connectivity index (χ4n) is 3.77. The first-order chi connectivity index (χ1) is 12.2. The minimum Gasteiger partial charge on any atom is -0.473 e. The molecule has 3 heterocycles. The molecule has 3 aliphatic rings. The van der Waals surface area contributed by atoms with E-state index in [-0.39, 0.29) is 6.10 Å². The summed E-state index contributed by atoms with van der Waals surface area (Å²) in [4.78, 5) is 0. The zero-order chi connectivity index (χ0) is 17.6. The maximum absolute atomic E-state index is 6.23. The summed E-state index contributed by atoms with van der Waals surface area (Å²) in [6, 6.07) is 2.01. The Balaban J connectivity index is 1.71. The van der Waals surface area contributed by atoms with Gasteiger partial charge >= 0.3 is 0 Å². The molecule has 1 saturated carbocycles. The molecule has 1 aromatic heterocycles. The molecule has 2 bridgehead atoms. The van der Waals surface area contributed by atoms with E-state index in [0.29, 0.717) is 18.6 Å². The first-order valence-electron chi connectivity index (χ1n) is 9.17. The monoisotopic (exact) mass is 343 g/mol. The highest BCUT2D eigenvalue weighted by Crippen LogP contribution is 2.38. The largest absolute Gasteiger partial charge is 0.473 e. The second kappa shape index (κ2) is 8.50. The first-order valence-corrected chi connectivity index (χ1v) is 9.17. The maximum Gasteiger partial charge on any atom is 0.212 e. The molecule has 4 rings (SSSR count). The van der Waals surface area contributed by atoms with E-state index in [1.54, 1.807) is 12.2 Å². The predicted octanol–water partition coefficient (Wildman–Crippen LogP) is 3.24. The number of rotatable bonds is 9. The predicted molar refractivity (Wildman–Crippen MR) is 99.6 cm³/mol. The number of ether oxygens (including phenoxy) is 2. The van der Waals surface area contributed by atoms with Gasteiger partial charge in [-0.15, -0.1) is 0 Å². The molecule has 3 fully saturated rings. The van der Waals surface area contributed by atoms with Gasteiger partial charge in [0.15, 0.2) is 0 Å². The van der Waals surface area contributed by atoms with Gasteiger partial charge in [0, 0.05) is 12.6 Å². The van der Waals surface area contributed by atoms with Crippen LogP contribution in [0.15, 0.2) is 43.0 Å². The van der Waals surface area contributed by atoms with Crippen LogP contribution in [0.2, 0.25) is 0 Å². The average Bonchev–Trinajstić information content (AvgIpc) is 3.01. The van der Waals surface area contributed by atoms with E-state index in [4.69, 9.17) is 14.6 Å². The fourth-order valence-corrected chi connectivity index (χ4v) is 3.77. The summed E-state index contributed by atoms with van der Waals surface area (Å²) >= 11 is 0. The van der Waals surface area contributed by atoms with Gasteiger partial charge in [-0.25, -0.2) is 4.68 Å². The molecule has 5 heteroatoms. The molecule has 1 atom stereocenters. The van der Waals surface area contributed by atoms with E-state index in [0.717, 1.165) is 30.2 Å². The summed E-state index contributed by atoms with van der Waals surface area (Å²) < 4.78 is 14.2. The Kier molecular flexibility index (Phi) is 6.10. The summed E-state index contributed by atoms with van der Waals surface area (Å²) in [6.07, 6.45) is 11.1. The topological polar surface area (TPSA) is 48.3 Å². The standard InChI is InChI=1S/C20H29N3O2/c1-4-6-15(5-2)14-24-20-11-17(12-21-3)22-23(20)13-19-16-7-9-18(25-19)10-8-16/h4-6,11,16,18-19,21H,1-2,7-10,12-14H2,3H3/b15-6+. The molecule has 136 valence electrons. The molecule has 1 aliphatic carbocycles. The summed E-state index contributed by atoms with van der Waals surface area (Å²) in [6.45, 7) is 9.48. The molecular weight excluding hydrogens is 314 g/mol. The number of nitrogens with zero attached hydrogens (tertiary/aromatic N) is 2. The minimum atomic E-state index is 0.250. The van der Waals surface area contributed by atoms with Crippen LogP contribution in [-0.4, -0.2) is 35.6 Å². The Labute approximate surface area is 150 Å². The lowest BCUT2D eigenvalue weighted by Crippen LogP contribution is -2.43. The van der Waals surface area contributed by atoms with Crippen LogP contribution in [0.25, 0.3) is 0 Å². The number of hydrogen-bond acceptors (Lipinski definition) is 4. The molecule has 2 aliphatic heterocycles. The highest BCUT2D eigenvalue weighted by Gasteiger charge is 2.37. The van der Waals surface area contributed by atoms with Crippen molar-refractivity contribution < 1.29 is 9.47 Å². The van der Waals surface area contributed by atoms with Gasteiger partial charge in [-0.2, -0.15) is 5.10 Å². The second-order valence-corrected chi connectivity index (χ2v) is 6.87. The van der Waals surface area contributed by atoms with Crippen molar-refractivity contribution in [2.75, 3.05) is 13.7 Å². The van der Waals surface area contributed by atoms with E-state index in [1.807, 2.05) is 23.9 Å². The molecule has 1 unspecified atom stereocenters. The van der Waals surface area contributed by atoms with Crippen LogP contribution in [0.1, 0.15) is 31.4 Å². The van der Waals surface area contributed by atoms with Gasteiger partial charge < -0.3 is 14.8 Å². The third-order valence-corrected chi connectivity index (χ3v) is 5.10. The van der Waals surface area contributed by atoms with Gasteiger partial charge in [0.05, 0.1) is 24.4 Å². The molecule has 5 nitrogen and oxygen atoms in total. The summed E-state index contributed by atoms with van der Waals surface area (Å²) in [7, 11) is 1.92. The van der Waals surface area contributed by atoms with Gasteiger partial charge in [0.2, 0.25) is 5.88 Å². The lowest BCUT2D eigenvalue weighted by Gasteiger charge is -2.42. The molecule has 1 N–H and O–H groups in total. The Hall–Kier alpha value is -1.85. The van der Waals surface area contributed by atoms with Gasteiger partial charge in [-0.1, -0.05) is 31.4 Å². The van der Waals surface area contributed by atoms with Crippen molar-refractivity contribution in [3.8, 4) is 5.88 Å². The second-order valence-electron chi connectivity index (χ2n) is 6.87. The Morgan fingerprint density at radius 1 is 1.40 bits per heavy atom. The highest BCUT2D eigenvalue weighted by molar-refractivity contribution is 5.24. The van der Waals surface area contributed by atoms with Crippen LogP contribution in [-0.2, 0) is 17.8 Å². The zero-order valence-corrected chi connectivity index (χ0v) is 15.1. The lowest BCUT2D eigenvalue weighted by molar-refractivity contribution is -0.131. The molecule has 0 radical (unpaired) electrons. The van der Waals surface area contributed by atoms with Crippen LogP contribution in [0, 0.1) is 5.92 Å². The molecule has 0 amide bonds. The summed E-state index contributed by atoms with van der Waals surface area (Å²) in [5.74, 6) is 1.44. The number of hydrogen-bond donors (Lipinski definition) is 1. The van der Waals surface area contributed by atoms with Crippen molar-refractivity contribution in [2.45, 2.75) is 51.0 Å². The SMILES string of the molecule is C=C/C=C(\C=C)COc1cc(CNC)nn1CC1OC2CCC1CC2. The fraction of sp³-hybridized carbons (Fsp3) is 0.550. The van der Waals surface area contributed by atoms with Crippen LogP contribution in [0.4, 0.5) is 0 Å². The van der Waals surface area contributed by atoms with Gasteiger partial charge in [0.1, 0.15) is 6.61 Å². The van der Waals surface area contributed by atoms with Crippen LogP contribution >= 0.6 is 0 Å². The smallest absolute Gasteiger partial charge is 0.212 e. The molecule has 0 spiro atoms. The van der Waals surface area contributed by atoms with Gasteiger partial charge in [-0.3, -0.25) is 0 Å². The Bertz CT molecular complexity index is 627. The summed E-state index contributed by atoms with van der Waals surface area (Å²) in [5, 5.41) is 7.86. The van der Waals surface area contributed by atoms with Crippen LogP contribution < -0.4 is 10.1 Å². The number of fused-ring (bicyclic) bond motifs is 3. The number of aromatic nitrogens is 2. The minimum absolute atomic E-state index is 0.250. The molecular formula is C20H29N3O2. The number of allylic oxidation sites excluding steroid dienone is 2. The van der Waals surface area contributed by atoms with Crippen molar-refractivity contribution in [3.63, 3.8) is 0 Å². The van der Waals surface area contributed by atoms with Crippen molar-refractivity contribution in [1.82, 2.24) is 15.1 Å². The van der Waals surface area contributed by atoms with E-state index in [9.17, 15) is 0 Å². The third-order valence-electron chi connectivity index (χ3n) is 5.10. The van der Waals surface area contributed by atoms with Gasteiger partial charge in [0.25, 0.3) is 0 Å². The van der Waals surface area contributed by atoms with Crippen LogP contribution in [0.3, 0.4) is 0 Å². The normalized spacial score (nSPS) is 25.8. The third kappa shape index (κ3) is 4.41. The van der Waals surface area contributed by atoms with Crippen LogP contribution in [0.5, 0.6) is 5.88 Å². The Morgan fingerprint density at radius 3 is 2.80 bits per heavy atom. The molecule has 0 aromatic carbocycles. The molecule has 2 saturated heterocycles. The first kappa shape index (κ1) is 18.0. The van der Waals surface area contributed by atoms with E-state index in [1.165, 1.54) is 25.7 Å². The number of nitrogens with one attached hydrogen (secondary N) is 1. The maximum atomic E-state index is 6.23. The van der Waals surface area contributed by atoms with E-state index < -0.39 is 0 Å². The van der Waals surface area contributed by atoms with Crippen molar-refractivity contribution in [3.05, 3.63) is 48.7 Å². The van der Waals surface area contributed by atoms with E-state index >= 15 is 0 Å². The summed E-state index contributed by atoms with van der Waals surface area (Å²) in [5.41, 5.74) is 1.97. The molecule has 25 heavy (non-hydrogen) atoms. The Morgan fingerprint density at radius 2 is 2.20 bits per heavy atom. The average molecular weight is 343 g/mol.